The minimum absolute atomic E-state index is 0.0342. The van der Waals surface area contributed by atoms with Crippen LogP contribution in [-0.4, -0.2) is 13.0 Å². The van der Waals surface area contributed by atoms with Crippen LogP contribution in [0.2, 0.25) is 5.02 Å². The summed E-state index contributed by atoms with van der Waals surface area (Å²) in [6, 6.07) is 13.8. The van der Waals surface area contributed by atoms with Gasteiger partial charge in [-0.2, -0.15) is 0 Å². The maximum absolute atomic E-state index is 12.7. The molecule has 1 heterocycles. The van der Waals surface area contributed by atoms with Gasteiger partial charge in [0.05, 0.1) is 13.2 Å². The van der Waals surface area contributed by atoms with Crippen molar-refractivity contribution >= 4 is 23.2 Å². The summed E-state index contributed by atoms with van der Waals surface area (Å²) in [4.78, 5) is 14.5. The Labute approximate surface area is 129 Å². The molecule has 0 bridgehead atoms. The molecular formula is C17H15ClNO2. The molecule has 0 spiro atoms. The molecule has 1 radical (unpaired) electrons. The minimum Gasteiger partial charge on any atom is -0.497 e. The lowest BCUT2D eigenvalue weighted by Crippen LogP contribution is -2.30. The molecule has 3 nitrogen and oxygen atoms in total. The van der Waals surface area contributed by atoms with E-state index in [-0.39, 0.29) is 5.91 Å². The maximum Gasteiger partial charge on any atom is 0.258 e. The number of hydrogen-bond acceptors (Lipinski definition) is 2. The first kappa shape index (κ1) is 14.0. The summed E-state index contributed by atoms with van der Waals surface area (Å²) in [7, 11) is 1.64. The molecule has 0 unspecified atom stereocenters. The molecule has 0 saturated carbocycles. The molecule has 2 aromatic rings. The summed E-state index contributed by atoms with van der Waals surface area (Å²) in [6.07, 6.45) is 0.756. The maximum atomic E-state index is 12.7. The topological polar surface area (TPSA) is 29.5 Å². The van der Waals surface area contributed by atoms with Crippen molar-refractivity contribution < 1.29 is 9.53 Å². The third-order valence-electron chi connectivity index (χ3n) is 3.65. The number of fused-ring (bicyclic) bond motifs is 1. The molecule has 0 aliphatic carbocycles. The van der Waals surface area contributed by atoms with Crippen molar-refractivity contribution in [1.29, 1.82) is 0 Å². The van der Waals surface area contributed by atoms with Crippen LogP contribution in [0, 0.1) is 6.04 Å². The molecule has 3 rings (SSSR count). The molecule has 2 aromatic carbocycles. The van der Waals surface area contributed by atoms with Gasteiger partial charge in [0.1, 0.15) is 5.75 Å². The highest BCUT2D eigenvalue weighted by atomic mass is 35.5. The van der Waals surface area contributed by atoms with Gasteiger partial charge in [-0.15, -0.1) is 0 Å². The Morgan fingerprint density at radius 1 is 1.19 bits per heavy atom. The molecule has 1 aliphatic rings. The van der Waals surface area contributed by atoms with Gasteiger partial charge in [0.2, 0.25) is 0 Å². The second-order valence-electron chi connectivity index (χ2n) is 5.05. The van der Waals surface area contributed by atoms with E-state index in [1.54, 1.807) is 36.3 Å². The highest BCUT2D eigenvalue weighted by Crippen LogP contribution is 2.38. The standard InChI is InChI=1S/C17H15ClNO2/c1-11-9-13-10-15(21-2)7-8-16(13)19(11)17(20)12-3-5-14(18)6-4-12/h3-8,10H,9H2,1-2H3. The number of carbonyl (C=O) groups is 1. The van der Waals surface area contributed by atoms with Crippen LogP contribution in [0.1, 0.15) is 22.8 Å². The Morgan fingerprint density at radius 2 is 1.90 bits per heavy atom. The summed E-state index contributed by atoms with van der Waals surface area (Å²) in [5, 5.41) is 0.624. The number of halogens is 1. The SMILES string of the molecule is COc1ccc2c(c1)C[C](C)N2C(=O)c1ccc(Cl)cc1. The zero-order chi connectivity index (χ0) is 15.0. The van der Waals surface area contributed by atoms with Crippen LogP contribution in [0.4, 0.5) is 5.69 Å². The summed E-state index contributed by atoms with van der Waals surface area (Å²) in [6.45, 7) is 1.97. The fourth-order valence-corrected chi connectivity index (χ4v) is 2.74. The molecule has 107 valence electrons. The van der Waals surface area contributed by atoms with Crippen LogP contribution in [0.3, 0.4) is 0 Å². The first-order valence-electron chi connectivity index (χ1n) is 6.69. The van der Waals surface area contributed by atoms with E-state index in [9.17, 15) is 4.79 Å². The summed E-state index contributed by atoms with van der Waals surface area (Å²) in [5.74, 6) is 0.774. The van der Waals surface area contributed by atoms with E-state index in [0.717, 1.165) is 29.5 Å². The third kappa shape index (κ3) is 2.49. The van der Waals surface area contributed by atoms with Gasteiger partial charge >= 0.3 is 0 Å². The summed E-state index contributed by atoms with van der Waals surface area (Å²) in [5.41, 5.74) is 2.66. The molecule has 1 amide bonds. The smallest absolute Gasteiger partial charge is 0.258 e. The quantitative estimate of drug-likeness (QED) is 0.835. The van der Waals surface area contributed by atoms with Gasteiger partial charge in [-0.1, -0.05) is 11.6 Å². The van der Waals surface area contributed by atoms with Gasteiger partial charge in [-0.05, 0) is 55.0 Å². The van der Waals surface area contributed by atoms with Crippen molar-refractivity contribution in [3.8, 4) is 5.75 Å². The molecule has 0 saturated heterocycles. The van der Waals surface area contributed by atoms with E-state index < -0.39 is 0 Å². The van der Waals surface area contributed by atoms with Gasteiger partial charge in [0.25, 0.3) is 5.91 Å². The van der Waals surface area contributed by atoms with Crippen molar-refractivity contribution in [2.45, 2.75) is 13.3 Å². The predicted octanol–water partition coefficient (Wildman–Crippen LogP) is 4.10. The predicted molar refractivity (Wildman–Crippen MR) is 83.9 cm³/mol. The van der Waals surface area contributed by atoms with E-state index in [4.69, 9.17) is 16.3 Å². The van der Waals surface area contributed by atoms with Crippen molar-refractivity contribution in [2.24, 2.45) is 0 Å². The lowest BCUT2D eigenvalue weighted by molar-refractivity contribution is 0.0990. The number of ether oxygens (including phenoxy) is 1. The number of rotatable bonds is 2. The first-order chi connectivity index (χ1) is 10.1. The van der Waals surface area contributed by atoms with Gasteiger partial charge in [0, 0.05) is 22.7 Å². The lowest BCUT2D eigenvalue weighted by Gasteiger charge is -2.22. The third-order valence-corrected chi connectivity index (χ3v) is 3.90. The summed E-state index contributed by atoms with van der Waals surface area (Å²) >= 11 is 5.88. The van der Waals surface area contributed by atoms with Crippen molar-refractivity contribution in [3.05, 3.63) is 64.7 Å². The van der Waals surface area contributed by atoms with Crippen LogP contribution in [0.5, 0.6) is 5.75 Å². The Balaban J connectivity index is 1.96. The number of methoxy groups -OCH3 is 1. The number of benzene rings is 2. The lowest BCUT2D eigenvalue weighted by atomic mass is 10.1. The van der Waals surface area contributed by atoms with Gasteiger partial charge < -0.3 is 4.74 Å². The van der Waals surface area contributed by atoms with Gasteiger partial charge in [-0.3, -0.25) is 9.69 Å². The van der Waals surface area contributed by atoms with Crippen molar-refractivity contribution in [2.75, 3.05) is 12.0 Å². The van der Waals surface area contributed by atoms with Crippen LogP contribution in [0.25, 0.3) is 0 Å². The molecule has 0 aromatic heterocycles. The Morgan fingerprint density at radius 3 is 2.57 bits per heavy atom. The van der Waals surface area contributed by atoms with Crippen LogP contribution in [-0.2, 0) is 6.42 Å². The van der Waals surface area contributed by atoms with Crippen LogP contribution in [0.15, 0.2) is 42.5 Å². The number of nitrogens with zero attached hydrogens (tertiary/aromatic N) is 1. The average Bonchev–Trinajstić information content (AvgIpc) is 2.82. The molecule has 0 N–H and O–H groups in total. The first-order valence-corrected chi connectivity index (χ1v) is 7.07. The van der Waals surface area contributed by atoms with Gasteiger partial charge in [-0.25, -0.2) is 0 Å². The van der Waals surface area contributed by atoms with E-state index in [1.165, 1.54) is 0 Å². The fraction of sp³-hybridized carbons (Fsp3) is 0.176. The molecular weight excluding hydrogens is 286 g/mol. The second kappa shape index (κ2) is 5.41. The van der Waals surface area contributed by atoms with E-state index in [2.05, 4.69) is 0 Å². The van der Waals surface area contributed by atoms with Crippen molar-refractivity contribution in [1.82, 2.24) is 0 Å². The van der Waals surface area contributed by atoms with Gasteiger partial charge in [0.15, 0.2) is 0 Å². The van der Waals surface area contributed by atoms with Crippen LogP contribution >= 0.6 is 11.6 Å². The normalized spacial score (nSPS) is 14.1. The Bertz CT molecular complexity index is 682. The molecule has 21 heavy (non-hydrogen) atoms. The largest absolute Gasteiger partial charge is 0.497 e. The molecule has 0 atom stereocenters. The molecule has 0 fully saturated rings. The molecule has 4 heteroatoms. The van der Waals surface area contributed by atoms with Crippen molar-refractivity contribution in [3.63, 3.8) is 0 Å². The highest BCUT2D eigenvalue weighted by molar-refractivity contribution is 6.30. The average molecular weight is 301 g/mol. The number of carbonyl (C=O) groups excluding carboxylic acids is 1. The number of anilines is 1. The minimum atomic E-state index is -0.0342. The van der Waals surface area contributed by atoms with E-state index in [1.807, 2.05) is 25.1 Å². The fourth-order valence-electron chi connectivity index (χ4n) is 2.61. The van der Waals surface area contributed by atoms with E-state index in [0.29, 0.717) is 10.6 Å². The molecule has 1 aliphatic heterocycles. The zero-order valence-corrected chi connectivity index (χ0v) is 12.6. The zero-order valence-electron chi connectivity index (χ0n) is 11.9. The number of hydrogen-bond donors (Lipinski definition) is 0. The second-order valence-corrected chi connectivity index (χ2v) is 5.49. The Kier molecular flexibility index (Phi) is 3.60. The van der Waals surface area contributed by atoms with E-state index >= 15 is 0 Å². The van der Waals surface area contributed by atoms with Crippen LogP contribution < -0.4 is 9.64 Å². The number of amides is 1. The Hall–Kier alpha value is -2.00. The summed E-state index contributed by atoms with van der Waals surface area (Å²) < 4.78 is 5.24. The monoisotopic (exact) mass is 300 g/mol. The highest BCUT2D eigenvalue weighted by Gasteiger charge is 2.32.